The Balaban J connectivity index is 1.96. The molecule has 0 aliphatic rings. The maximum Gasteiger partial charge on any atom is 0.220 e. The monoisotopic (exact) mass is 449 g/mol. The summed E-state index contributed by atoms with van der Waals surface area (Å²) in [6, 6.07) is 9.23. The van der Waals surface area contributed by atoms with Gasteiger partial charge in [-0.1, -0.05) is 50.1 Å². The van der Waals surface area contributed by atoms with E-state index in [2.05, 4.69) is 15.0 Å². The summed E-state index contributed by atoms with van der Waals surface area (Å²) in [5.41, 5.74) is 0.905. The molecule has 0 radical (unpaired) electrons. The smallest absolute Gasteiger partial charge is 0.220 e. The summed E-state index contributed by atoms with van der Waals surface area (Å²) in [5, 5.41) is 2.96. The topological polar surface area (TPSA) is 118 Å². The van der Waals surface area contributed by atoms with E-state index in [1.807, 2.05) is 37.3 Å². The molecule has 0 aliphatic carbocycles. The number of carbonyl (C=O) groups excluding carboxylic acids is 2. The predicted octanol–water partition coefficient (Wildman–Crippen LogP) is 3.32. The molecule has 0 saturated heterocycles. The molecule has 0 saturated carbocycles. The van der Waals surface area contributed by atoms with Crippen LogP contribution in [0.25, 0.3) is 11.3 Å². The molecule has 170 valence electrons. The molecule has 2 rings (SSSR count). The van der Waals surface area contributed by atoms with Gasteiger partial charge in [0.05, 0.1) is 6.20 Å². The molecule has 0 aliphatic heterocycles. The molecule has 1 aromatic carbocycles. The van der Waals surface area contributed by atoms with Crippen molar-refractivity contribution >= 4 is 22.6 Å². The minimum absolute atomic E-state index is 0.187. The highest BCUT2D eigenvalue weighted by Crippen LogP contribution is 2.26. The summed E-state index contributed by atoms with van der Waals surface area (Å²) in [6.45, 7) is 2.09. The van der Waals surface area contributed by atoms with Crippen LogP contribution in [0.1, 0.15) is 70.2 Å². The van der Waals surface area contributed by atoms with Crippen LogP contribution in [-0.4, -0.2) is 31.6 Å². The van der Waals surface area contributed by atoms with Crippen molar-refractivity contribution in [3.63, 3.8) is 0 Å². The van der Waals surface area contributed by atoms with E-state index in [-0.39, 0.29) is 30.7 Å². The quantitative estimate of drug-likeness (QED) is 0.284. The van der Waals surface area contributed by atoms with Crippen LogP contribution in [0, 0.1) is 0 Å². The Morgan fingerprint density at radius 3 is 2.55 bits per heavy atom. The van der Waals surface area contributed by atoms with E-state index in [0.717, 1.165) is 24.8 Å². The lowest BCUT2D eigenvalue weighted by atomic mass is 10.0. The Hall–Kier alpha value is -2.52. The number of carbonyl (C=O) groups is 2. The van der Waals surface area contributed by atoms with Gasteiger partial charge in [-0.3, -0.25) is 9.59 Å². The third-order valence-electron chi connectivity index (χ3n) is 4.88. The SMILES string of the molecule is CCC(=O)CCCCC[C@H](NC(=O)CCCN[SH](=O)=O)c1ncc(-c2ccccc2)o1. The van der Waals surface area contributed by atoms with Crippen LogP contribution in [0.2, 0.25) is 0 Å². The first-order valence-corrected chi connectivity index (χ1v) is 11.9. The van der Waals surface area contributed by atoms with E-state index in [4.69, 9.17) is 4.42 Å². The average Bonchev–Trinajstić information content (AvgIpc) is 3.26. The summed E-state index contributed by atoms with van der Waals surface area (Å²) in [7, 11) is -2.65. The van der Waals surface area contributed by atoms with Gasteiger partial charge in [0.25, 0.3) is 0 Å². The number of hydrogen-bond acceptors (Lipinski definition) is 6. The molecule has 1 heterocycles. The molecule has 31 heavy (non-hydrogen) atoms. The molecular formula is C22H31N3O5S. The number of oxazole rings is 1. The van der Waals surface area contributed by atoms with Gasteiger partial charge >= 0.3 is 0 Å². The molecule has 9 heteroatoms. The molecule has 1 atom stereocenters. The number of nitrogens with zero attached hydrogens (tertiary/aromatic N) is 1. The van der Waals surface area contributed by atoms with Gasteiger partial charge in [-0.25, -0.2) is 18.1 Å². The second-order valence-corrected chi connectivity index (χ2v) is 8.14. The normalized spacial score (nSPS) is 12.1. The van der Waals surface area contributed by atoms with E-state index in [9.17, 15) is 18.0 Å². The van der Waals surface area contributed by atoms with E-state index in [1.165, 1.54) is 0 Å². The predicted molar refractivity (Wildman–Crippen MR) is 119 cm³/mol. The molecule has 8 nitrogen and oxygen atoms in total. The number of aromatic nitrogens is 1. The Labute approximate surface area is 184 Å². The first kappa shape index (κ1) is 24.7. The van der Waals surface area contributed by atoms with Crippen LogP contribution in [0.4, 0.5) is 0 Å². The number of Topliss-reactive ketones (excluding diaryl/α,β-unsaturated/α-hetero) is 1. The molecule has 0 fully saturated rings. The number of benzene rings is 1. The number of nitrogens with one attached hydrogen (secondary N) is 2. The van der Waals surface area contributed by atoms with Crippen molar-refractivity contribution in [2.24, 2.45) is 0 Å². The minimum Gasteiger partial charge on any atom is -0.438 e. The Bertz CT molecular complexity index is 888. The van der Waals surface area contributed by atoms with E-state index in [0.29, 0.717) is 37.3 Å². The summed E-state index contributed by atoms with van der Waals surface area (Å²) in [6.07, 6.45) is 6.57. The number of amides is 1. The van der Waals surface area contributed by atoms with Gasteiger partial charge in [0.15, 0.2) is 5.76 Å². The fraction of sp³-hybridized carbons (Fsp3) is 0.500. The lowest BCUT2D eigenvalue weighted by Gasteiger charge is -2.16. The lowest BCUT2D eigenvalue weighted by molar-refractivity contribution is -0.122. The second kappa shape index (κ2) is 13.7. The van der Waals surface area contributed by atoms with Crippen LogP contribution in [0.15, 0.2) is 40.9 Å². The number of rotatable bonds is 15. The Kier molecular flexibility index (Phi) is 10.9. The number of ketones is 1. The van der Waals surface area contributed by atoms with Crippen molar-refractivity contribution < 1.29 is 22.4 Å². The fourth-order valence-electron chi connectivity index (χ4n) is 3.15. The van der Waals surface area contributed by atoms with Crippen LogP contribution in [-0.2, 0) is 20.5 Å². The van der Waals surface area contributed by atoms with Gasteiger partial charge in [0, 0.05) is 31.4 Å². The molecule has 0 unspecified atom stereocenters. The summed E-state index contributed by atoms with van der Waals surface area (Å²) in [4.78, 5) is 28.2. The van der Waals surface area contributed by atoms with E-state index in [1.54, 1.807) is 6.20 Å². The van der Waals surface area contributed by atoms with Crippen molar-refractivity contribution in [2.75, 3.05) is 6.54 Å². The molecule has 0 bridgehead atoms. The summed E-state index contributed by atoms with van der Waals surface area (Å²) in [5.74, 6) is 1.15. The Morgan fingerprint density at radius 1 is 1.06 bits per heavy atom. The third-order valence-corrected chi connectivity index (χ3v) is 5.36. The molecule has 1 aromatic heterocycles. The molecule has 0 spiro atoms. The van der Waals surface area contributed by atoms with E-state index >= 15 is 0 Å². The average molecular weight is 450 g/mol. The van der Waals surface area contributed by atoms with Gasteiger partial charge in [-0.05, 0) is 19.3 Å². The van der Waals surface area contributed by atoms with Crippen molar-refractivity contribution in [2.45, 2.75) is 64.3 Å². The molecule has 2 aromatic rings. The second-order valence-electron chi connectivity index (χ2n) is 7.31. The zero-order valence-electron chi connectivity index (χ0n) is 17.8. The van der Waals surface area contributed by atoms with Crippen molar-refractivity contribution in [3.8, 4) is 11.3 Å². The molecule has 2 N–H and O–H groups in total. The Morgan fingerprint density at radius 2 is 1.84 bits per heavy atom. The lowest BCUT2D eigenvalue weighted by Crippen LogP contribution is -2.29. The largest absolute Gasteiger partial charge is 0.438 e. The van der Waals surface area contributed by atoms with Crippen molar-refractivity contribution in [1.29, 1.82) is 0 Å². The van der Waals surface area contributed by atoms with Gasteiger partial charge in [-0.15, -0.1) is 0 Å². The van der Waals surface area contributed by atoms with Crippen LogP contribution in [0.5, 0.6) is 0 Å². The maximum atomic E-state index is 12.4. The summed E-state index contributed by atoms with van der Waals surface area (Å²) < 4.78 is 29.3. The van der Waals surface area contributed by atoms with Gasteiger partial charge < -0.3 is 9.73 Å². The van der Waals surface area contributed by atoms with Gasteiger partial charge in [0.2, 0.25) is 22.7 Å². The number of unbranched alkanes of at least 4 members (excludes halogenated alkanes) is 2. The zero-order chi connectivity index (χ0) is 22.5. The molecular weight excluding hydrogens is 418 g/mol. The fourth-order valence-corrected chi connectivity index (χ4v) is 3.49. The highest BCUT2D eigenvalue weighted by molar-refractivity contribution is 7.70. The standard InChI is InChI=1S/C22H31N3O5S/c1-2-18(26)12-7-4-8-13-19(25-21(27)14-9-15-24-31(28)29)22-23-16-20(30-22)17-10-5-3-6-11-17/h3,5-6,10-11,16,19,31H,2,4,7-9,12-15H2,1H3,(H,25,27)(H,24,28,29)/t19-/m0/s1. The van der Waals surface area contributed by atoms with Crippen molar-refractivity contribution in [3.05, 3.63) is 42.4 Å². The maximum absolute atomic E-state index is 12.4. The van der Waals surface area contributed by atoms with Gasteiger partial charge in [-0.2, -0.15) is 0 Å². The highest BCUT2D eigenvalue weighted by atomic mass is 32.2. The zero-order valence-corrected chi connectivity index (χ0v) is 18.7. The van der Waals surface area contributed by atoms with Crippen LogP contribution >= 0.6 is 0 Å². The third kappa shape index (κ3) is 9.44. The number of hydrogen-bond donors (Lipinski definition) is 3. The number of thiol groups is 1. The first-order chi connectivity index (χ1) is 15.0. The van der Waals surface area contributed by atoms with Gasteiger partial charge in [0.1, 0.15) is 11.8 Å². The first-order valence-electron chi connectivity index (χ1n) is 10.7. The van der Waals surface area contributed by atoms with Crippen LogP contribution < -0.4 is 10.0 Å². The van der Waals surface area contributed by atoms with E-state index < -0.39 is 10.9 Å². The summed E-state index contributed by atoms with van der Waals surface area (Å²) >= 11 is 0. The van der Waals surface area contributed by atoms with Crippen molar-refractivity contribution in [1.82, 2.24) is 15.0 Å². The minimum atomic E-state index is -2.65. The van der Waals surface area contributed by atoms with Crippen LogP contribution in [0.3, 0.4) is 0 Å². The highest BCUT2D eigenvalue weighted by Gasteiger charge is 2.20. The molecule has 1 amide bonds.